The summed E-state index contributed by atoms with van der Waals surface area (Å²) in [7, 11) is 2.04. The average Bonchev–Trinajstić information content (AvgIpc) is 2.88. The fourth-order valence-corrected chi connectivity index (χ4v) is 3.31. The molecule has 0 fully saturated rings. The van der Waals surface area contributed by atoms with Crippen molar-refractivity contribution in [3.05, 3.63) is 47.3 Å². The Morgan fingerprint density at radius 1 is 1.35 bits per heavy atom. The zero-order valence-corrected chi connectivity index (χ0v) is 12.9. The molecular weight excluding hydrogens is 266 g/mol. The molecule has 0 radical (unpaired) electrons. The van der Waals surface area contributed by atoms with Crippen molar-refractivity contribution in [1.82, 2.24) is 15.1 Å². The lowest BCUT2D eigenvalue weighted by Crippen LogP contribution is -2.24. The molecule has 1 aliphatic carbocycles. The Labute approximate surface area is 124 Å². The van der Waals surface area contributed by atoms with Crippen LogP contribution in [0.15, 0.2) is 35.4 Å². The summed E-state index contributed by atoms with van der Waals surface area (Å²) in [5.74, 6) is 0. The SMILES string of the molecule is CSc1ccc(CN[C@H]2CCCc3c2cnn3C)cc1. The molecule has 20 heavy (non-hydrogen) atoms. The van der Waals surface area contributed by atoms with Crippen LogP contribution in [0.4, 0.5) is 0 Å². The molecule has 1 aromatic heterocycles. The molecule has 1 aliphatic rings. The Kier molecular flexibility index (Phi) is 4.13. The van der Waals surface area contributed by atoms with Gasteiger partial charge in [-0.2, -0.15) is 5.10 Å². The van der Waals surface area contributed by atoms with E-state index >= 15 is 0 Å². The third-order valence-electron chi connectivity index (χ3n) is 4.09. The number of benzene rings is 1. The van der Waals surface area contributed by atoms with Gasteiger partial charge in [0.1, 0.15) is 0 Å². The van der Waals surface area contributed by atoms with Crippen molar-refractivity contribution in [2.75, 3.05) is 6.26 Å². The standard InChI is InChI=1S/C16H21N3S/c1-19-16-5-3-4-15(14(16)11-18-19)17-10-12-6-8-13(20-2)9-7-12/h6-9,11,15,17H,3-5,10H2,1-2H3/t15-/m0/s1. The van der Waals surface area contributed by atoms with Gasteiger partial charge in [0, 0.05) is 35.8 Å². The first-order valence-electron chi connectivity index (χ1n) is 7.15. The van der Waals surface area contributed by atoms with E-state index < -0.39 is 0 Å². The van der Waals surface area contributed by atoms with Gasteiger partial charge in [-0.25, -0.2) is 0 Å². The molecule has 1 aromatic carbocycles. The van der Waals surface area contributed by atoms with Gasteiger partial charge in [-0.15, -0.1) is 11.8 Å². The maximum absolute atomic E-state index is 4.40. The van der Waals surface area contributed by atoms with E-state index in [1.807, 2.05) is 17.9 Å². The molecule has 3 rings (SSSR count). The largest absolute Gasteiger partial charge is 0.306 e. The van der Waals surface area contributed by atoms with Crippen LogP contribution in [0, 0.1) is 0 Å². The predicted molar refractivity (Wildman–Crippen MR) is 83.9 cm³/mol. The normalized spacial score (nSPS) is 18.0. The minimum absolute atomic E-state index is 0.452. The summed E-state index contributed by atoms with van der Waals surface area (Å²) >= 11 is 1.79. The van der Waals surface area contributed by atoms with Gasteiger partial charge in [0.15, 0.2) is 0 Å². The fraction of sp³-hybridized carbons (Fsp3) is 0.438. The fourth-order valence-electron chi connectivity index (χ4n) is 2.90. The predicted octanol–water partition coefficient (Wildman–Crippen LogP) is 3.31. The van der Waals surface area contributed by atoms with Crippen LogP contribution in [-0.2, 0) is 20.0 Å². The van der Waals surface area contributed by atoms with Crippen LogP contribution in [0.2, 0.25) is 0 Å². The molecule has 0 aliphatic heterocycles. The zero-order chi connectivity index (χ0) is 13.9. The van der Waals surface area contributed by atoms with E-state index in [1.165, 1.54) is 34.6 Å². The van der Waals surface area contributed by atoms with Crippen molar-refractivity contribution >= 4 is 11.8 Å². The number of hydrogen-bond acceptors (Lipinski definition) is 3. The molecular formula is C16H21N3S. The van der Waals surface area contributed by atoms with Crippen LogP contribution >= 0.6 is 11.8 Å². The minimum atomic E-state index is 0.452. The summed E-state index contributed by atoms with van der Waals surface area (Å²) in [5.41, 5.74) is 4.13. The zero-order valence-electron chi connectivity index (χ0n) is 12.1. The molecule has 3 nitrogen and oxygen atoms in total. The van der Waals surface area contributed by atoms with E-state index in [9.17, 15) is 0 Å². The van der Waals surface area contributed by atoms with Crippen molar-refractivity contribution in [2.45, 2.75) is 36.7 Å². The summed E-state index contributed by atoms with van der Waals surface area (Å²) < 4.78 is 2.02. The highest BCUT2D eigenvalue weighted by molar-refractivity contribution is 7.98. The molecule has 0 bridgehead atoms. The maximum Gasteiger partial charge on any atom is 0.0540 e. The van der Waals surface area contributed by atoms with E-state index in [4.69, 9.17) is 0 Å². The van der Waals surface area contributed by atoms with Crippen molar-refractivity contribution in [1.29, 1.82) is 0 Å². The first kappa shape index (κ1) is 13.7. The molecule has 1 heterocycles. The Morgan fingerprint density at radius 3 is 2.90 bits per heavy atom. The van der Waals surface area contributed by atoms with Crippen LogP contribution < -0.4 is 5.32 Å². The maximum atomic E-state index is 4.40. The molecule has 106 valence electrons. The van der Waals surface area contributed by atoms with Crippen LogP contribution in [-0.4, -0.2) is 16.0 Å². The Morgan fingerprint density at radius 2 is 2.15 bits per heavy atom. The number of thioether (sulfide) groups is 1. The van der Waals surface area contributed by atoms with Gasteiger partial charge >= 0.3 is 0 Å². The van der Waals surface area contributed by atoms with E-state index in [2.05, 4.69) is 40.9 Å². The minimum Gasteiger partial charge on any atom is -0.306 e. The van der Waals surface area contributed by atoms with Crippen LogP contribution in [0.1, 0.15) is 35.7 Å². The van der Waals surface area contributed by atoms with E-state index in [-0.39, 0.29) is 0 Å². The number of fused-ring (bicyclic) bond motifs is 1. The smallest absolute Gasteiger partial charge is 0.0540 e. The molecule has 4 heteroatoms. The van der Waals surface area contributed by atoms with Gasteiger partial charge in [-0.1, -0.05) is 12.1 Å². The van der Waals surface area contributed by atoms with Crippen molar-refractivity contribution < 1.29 is 0 Å². The third kappa shape index (κ3) is 2.76. The molecule has 1 atom stereocenters. The number of nitrogens with one attached hydrogen (secondary N) is 1. The summed E-state index contributed by atoms with van der Waals surface area (Å²) in [6.45, 7) is 0.924. The monoisotopic (exact) mass is 287 g/mol. The second-order valence-electron chi connectivity index (χ2n) is 5.34. The molecule has 1 N–H and O–H groups in total. The number of aromatic nitrogens is 2. The highest BCUT2D eigenvalue weighted by atomic mass is 32.2. The van der Waals surface area contributed by atoms with E-state index in [0.29, 0.717) is 6.04 Å². The van der Waals surface area contributed by atoms with Crippen molar-refractivity contribution in [3.63, 3.8) is 0 Å². The topological polar surface area (TPSA) is 29.9 Å². The molecule has 2 aromatic rings. The van der Waals surface area contributed by atoms with Gasteiger partial charge in [0.2, 0.25) is 0 Å². The van der Waals surface area contributed by atoms with Gasteiger partial charge in [0.05, 0.1) is 6.20 Å². The Balaban J connectivity index is 1.66. The number of nitrogens with zero attached hydrogens (tertiary/aromatic N) is 2. The Bertz CT molecular complexity index is 574. The highest BCUT2D eigenvalue weighted by Crippen LogP contribution is 2.29. The Hall–Kier alpha value is -1.26. The first-order valence-corrected chi connectivity index (χ1v) is 8.37. The lowest BCUT2D eigenvalue weighted by molar-refractivity contribution is 0.452. The van der Waals surface area contributed by atoms with Gasteiger partial charge in [-0.05, 0) is 43.2 Å². The second kappa shape index (κ2) is 6.02. The van der Waals surface area contributed by atoms with Gasteiger partial charge in [-0.3, -0.25) is 4.68 Å². The van der Waals surface area contributed by atoms with Crippen LogP contribution in [0.25, 0.3) is 0 Å². The van der Waals surface area contributed by atoms with Gasteiger partial charge in [0.25, 0.3) is 0 Å². The van der Waals surface area contributed by atoms with E-state index in [0.717, 1.165) is 13.0 Å². The lowest BCUT2D eigenvalue weighted by atomic mass is 9.93. The van der Waals surface area contributed by atoms with Crippen molar-refractivity contribution in [2.24, 2.45) is 7.05 Å². The lowest BCUT2D eigenvalue weighted by Gasteiger charge is -2.24. The summed E-state index contributed by atoms with van der Waals surface area (Å²) in [6.07, 6.45) is 7.76. The van der Waals surface area contributed by atoms with Crippen molar-refractivity contribution in [3.8, 4) is 0 Å². The van der Waals surface area contributed by atoms with Crippen LogP contribution in [0.5, 0.6) is 0 Å². The molecule has 0 amide bonds. The molecule has 0 saturated carbocycles. The summed E-state index contributed by atoms with van der Waals surface area (Å²) in [5, 5.41) is 8.08. The highest BCUT2D eigenvalue weighted by Gasteiger charge is 2.22. The second-order valence-corrected chi connectivity index (χ2v) is 6.22. The number of aryl methyl sites for hydroxylation is 1. The first-order chi connectivity index (χ1) is 9.78. The molecule has 0 unspecified atom stereocenters. The summed E-state index contributed by atoms with van der Waals surface area (Å²) in [4.78, 5) is 1.32. The number of rotatable bonds is 4. The van der Waals surface area contributed by atoms with Gasteiger partial charge < -0.3 is 5.32 Å². The molecule has 0 spiro atoms. The third-order valence-corrected chi connectivity index (χ3v) is 4.83. The summed E-state index contributed by atoms with van der Waals surface area (Å²) in [6, 6.07) is 9.26. The average molecular weight is 287 g/mol. The number of hydrogen-bond donors (Lipinski definition) is 1. The van der Waals surface area contributed by atoms with Crippen LogP contribution in [0.3, 0.4) is 0 Å². The molecule has 0 saturated heterocycles. The van der Waals surface area contributed by atoms with E-state index in [1.54, 1.807) is 11.8 Å². The quantitative estimate of drug-likeness (QED) is 0.875.